The minimum absolute atomic E-state index is 0.134. The number of carbonyl (C=O) groups excluding carboxylic acids is 1. The molecule has 0 radical (unpaired) electrons. The fourth-order valence-corrected chi connectivity index (χ4v) is 1.52. The highest BCUT2D eigenvalue weighted by molar-refractivity contribution is 5.76. The fraction of sp³-hybridized carbons (Fsp3) is 0.500. The number of amides is 1. The third-order valence-electron chi connectivity index (χ3n) is 2.73. The number of nitrogens with two attached hydrogens (primary N) is 1. The molecule has 0 heterocycles. The lowest BCUT2D eigenvalue weighted by Crippen LogP contribution is -2.25. The van der Waals surface area contributed by atoms with Gasteiger partial charge in [0.2, 0.25) is 5.91 Å². The van der Waals surface area contributed by atoms with Crippen molar-refractivity contribution in [2.45, 2.75) is 13.5 Å². The van der Waals surface area contributed by atoms with E-state index >= 15 is 0 Å². The predicted molar refractivity (Wildman–Crippen MR) is 73.8 cm³/mol. The lowest BCUT2D eigenvalue weighted by molar-refractivity contribution is -0.122. The van der Waals surface area contributed by atoms with E-state index in [0.717, 1.165) is 5.56 Å². The molecule has 1 aromatic carbocycles. The summed E-state index contributed by atoms with van der Waals surface area (Å²) in [7, 11) is 1.62. The first-order valence-corrected chi connectivity index (χ1v) is 6.44. The summed E-state index contributed by atoms with van der Waals surface area (Å²) in [4.78, 5) is 10.9. The maximum absolute atomic E-state index is 13.5. The van der Waals surface area contributed by atoms with Crippen LogP contribution in [0, 0.1) is 11.7 Å². The highest BCUT2D eigenvalue weighted by Crippen LogP contribution is 2.17. The van der Waals surface area contributed by atoms with Gasteiger partial charge in [0.15, 0.2) is 0 Å². The van der Waals surface area contributed by atoms with Crippen LogP contribution < -0.4 is 15.8 Å². The molecule has 0 bridgehead atoms. The average molecular weight is 284 g/mol. The zero-order valence-corrected chi connectivity index (χ0v) is 11.8. The highest BCUT2D eigenvalue weighted by Gasteiger charge is 2.10. The van der Waals surface area contributed by atoms with Crippen LogP contribution in [0.25, 0.3) is 0 Å². The molecule has 112 valence electrons. The second-order valence-corrected chi connectivity index (χ2v) is 4.58. The first-order chi connectivity index (χ1) is 9.52. The van der Waals surface area contributed by atoms with Crippen LogP contribution in [0.3, 0.4) is 0 Å². The van der Waals surface area contributed by atoms with Crippen LogP contribution in [-0.4, -0.2) is 32.8 Å². The van der Waals surface area contributed by atoms with Crippen LogP contribution in [0.2, 0.25) is 0 Å². The minimum atomic E-state index is -0.442. The second-order valence-electron chi connectivity index (χ2n) is 4.58. The van der Waals surface area contributed by atoms with Crippen LogP contribution in [-0.2, 0) is 16.1 Å². The molecule has 1 unspecified atom stereocenters. The van der Waals surface area contributed by atoms with Crippen LogP contribution in [0.4, 0.5) is 4.39 Å². The van der Waals surface area contributed by atoms with Gasteiger partial charge in [-0.3, -0.25) is 4.79 Å². The lowest BCUT2D eigenvalue weighted by atomic mass is 10.2. The molecular weight excluding hydrogens is 263 g/mol. The van der Waals surface area contributed by atoms with E-state index in [4.69, 9.17) is 15.2 Å². The average Bonchev–Trinajstić information content (AvgIpc) is 2.40. The Bertz CT molecular complexity index is 440. The Hall–Kier alpha value is -1.66. The Morgan fingerprint density at radius 3 is 2.85 bits per heavy atom. The van der Waals surface area contributed by atoms with E-state index in [1.165, 1.54) is 12.1 Å². The molecular formula is C14H21FN2O3. The SMILES string of the molecule is COCCNCc1cc(F)cc(OCC(C)C(N)=O)c1. The normalized spacial score (nSPS) is 12.2. The van der Waals surface area contributed by atoms with Gasteiger partial charge in [-0.1, -0.05) is 6.92 Å². The van der Waals surface area contributed by atoms with Gasteiger partial charge in [-0.2, -0.15) is 0 Å². The van der Waals surface area contributed by atoms with Crippen LogP contribution in [0.1, 0.15) is 12.5 Å². The Morgan fingerprint density at radius 1 is 1.45 bits per heavy atom. The number of benzene rings is 1. The lowest BCUT2D eigenvalue weighted by Gasteiger charge is -2.12. The number of ether oxygens (including phenoxy) is 2. The van der Waals surface area contributed by atoms with Crippen LogP contribution in [0.5, 0.6) is 5.75 Å². The quantitative estimate of drug-likeness (QED) is 0.665. The number of hydrogen-bond acceptors (Lipinski definition) is 4. The Labute approximate surface area is 118 Å². The molecule has 1 atom stereocenters. The van der Waals surface area contributed by atoms with Crippen molar-refractivity contribution in [2.24, 2.45) is 11.7 Å². The van der Waals surface area contributed by atoms with E-state index in [1.807, 2.05) is 0 Å². The minimum Gasteiger partial charge on any atom is -0.493 e. The summed E-state index contributed by atoms with van der Waals surface area (Å²) in [6.07, 6.45) is 0. The second kappa shape index (κ2) is 8.50. The monoisotopic (exact) mass is 284 g/mol. The maximum atomic E-state index is 13.5. The van der Waals surface area contributed by atoms with Crippen molar-refractivity contribution in [3.8, 4) is 5.75 Å². The Morgan fingerprint density at radius 2 is 2.20 bits per heavy atom. The molecule has 0 saturated carbocycles. The van der Waals surface area contributed by atoms with E-state index in [2.05, 4.69) is 5.32 Å². The topological polar surface area (TPSA) is 73.6 Å². The highest BCUT2D eigenvalue weighted by atomic mass is 19.1. The van der Waals surface area contributed by atoms with Crippen molar-refractivity contribution < 1.29 is 18.7 Å². The molecule has 0 aliphatic rings. The van der Waals surface area contributed by atoms with Gasteiger partial charge in [0.1, 0.15) is 11.6 Å². The van der Waals surface area contributed by atoms with Crippen molar-refractivity contribution in [1.82, 2.24) is 5.32 Å². The number of primary amides is 1. The van der Waals surface area contributed by atoms with Gasteiger partial charge >= 0.3 is 0 Å². The summed E-state index contributed by atoms with van der Waals surface area (Å²) in [6.45, 7) is 3.59. The smallest absolute Gasteiger partial charge is 0.223 e. The molecule has 0 saturated heterocycles. The summed E-state index contributed by atoms with van der Waals surface area (Å²) in [5, 5.41) is 3.12. The fourth-order valence-electron chi connectivity index (χ4n) is 1.52. The standard InChI is InChI=1S/C14H21FN2O3/c1-10(14(16)18)9-20-13-6-11(5-12(15)7-13)8-17-3-4-19-2/h5-7,10,17H,3-4,8-9H2,1-2H3,(H2,16,18). The van der Waals surface area contributed by atoms with E-state index in [1.54, 1.807) is 20.1 Å². The molecule has 1 amide bonds. The first kappa shape index (κ1) is 16.4. The Balaban J connectivity index is 2.54. The van der Waals surface area contributed by atoms with Gasteiger partial charge in [-0.05, 0) is 17.7 Å². The van der Waals surface area contributed by atoms with Crippen molar-refractivity contribution in [3.63, 3.8) is 0 Å². The maximum Gasteiger partial charge on any atom is 0.223 e. The summed E-state index contributed by atoms with van der Waals surface area (Å²) in [6, 6.07) is 4.45. The van der Waals surface area contributed by atoms with Gasteiger partial charge in [0.25, 0.3) is 0 Å². The van der Waals surface area contributed by atoms with E-state index in [9.17, 15) is 9.18 Å². The van der Waals surface area contributed by atoms with Gasteiger partial charge in [0, 0.05) is 26.3 Å². The number of rotatable bonds is 9. The molecule has 0 spiro atoms. The summed E-state index contributed by atoms with van der Waals surface area (Å²) >= 11 is 0. The summed E-state index contributed by atoms with van der Waals surface area (Å²) in [5.74, 6) is -0.844. The largest absolute Gasteiger partial charge is 0.493 e. The number of hydrogen-bond donors (Lipinski definition) is 2. The molecule has 1 aromatic rings. The number of halogens is 1. The van der Waals surface area contributed by atoms with Crippen molar-refractivity contribution in [1.29, 1.82) is 0 Å². The summed E-state index contributed by atoms with van der Waals surface area (Å²) in [5.41, 5.74) is 5.91. The molecule has 5 nitrogen and oxygen atoms in total. The van der Waals surface area contributed by atoms with Gasteiger partial charge in [0.05, 0.1) is 19.1 Å². The predicted octanol–water partition coefficient (Wildman–Crippen LogP) is 1.06. The van der Waals surface area contributed by atoms with E-state index < -0.39 is 11.8 Å². The van der Waals surface area contributed by atoms with Gasteiger partial charge < -0.3 is 20.5 Å². The molecule has 0 aliphatic carbocycles. The molecule has 6 heteroatoms. The third kappa shape index (κ3) is 5.99. The van der Waals surface area contributed by atoms with Gasteiger partial charge in [-0.15, -0.1) is 0 Å². The first-order valence-electron chi connectivity index (χ1n) is 6.44. The van der Waals surface area contributed by atoms with Crippen molar-refractivity contribution in [2.75, 3.05) is 26.9 Å². The number of carbonyl (C=O) groups is 1. The summed E-state index contributed by atoms with van der Waals surface area (Å²) < 4.78 is 23.8. The van der Waals surface area contributed by atoms with Crippen LogP contribution >= 0.6 is 0 Å². The molecule has 0 aliphatic heterocycles. The van der Waals surface area contributed by atoms with E-state index in [-0.39, 0.29) is 12.4 Å². The third-order valence-corrected chi connectivity index (χ3v) is 2.73. The number of nitrogens with one attached hydrogen (secondary N) is 1. The molecule has 0 fully saturated rings. The van der Waals surface area contributed by atoms with Crippen molar-refractivity contribution in [3.05, 3.63) is 29.6 Å². The van der Waals surface area contributed by atoms with Crippen molar-refractivity contribution >= 4 is 5.91 Å². The van der Waals surface area contributed by atoms with E-state index in [0.29, 0.717) is 25.4 Å². The zero-order chi connectivity index (χ0) is 15.0. The van der Waals surface area contributed by atoms with Crippen LogP contribution in [0.15, 0.2) is 18.2 Å². The molecule has 1 rings (SSSR count). The molecule has 20 heavy (non-hydrogen) atoms. The molecule has 0 aromatic heterocycles. The number of methoxy groups -OCH3 is 1. The Kier molecular flexibility index (Phi) is 6.97. The zero-order valence-electron chi connectivity index (χ0n) is 11.8. The van der Waals surface area contributed by atoms with Gasteiger partial charge in [-0.25, -0.2) is 4.39 Å². The molecule has 3 N–H and O–H groups in total.